The molecule has 0 aromatic heterocycles. The molecule has 0 fully saturated rings. The van der Waals surface area contributed by atoms with E-state index < -0.39 is 36.1 Å². The fraction of sp³-hybridized carbons (Fsp3) is 0.333. The number of aryl methyl sites for hydroxylation is 1. The molecule has 0 unspecified atom stereocenters. The van der Waals surface area contributed by atoms with Gasteiger partial charge in [0.25, 0.3) is 0 Å². The molecule has 9 nitrogen and oxygen atoms in total. The highest BCUT2D eigenvalue weighted by Gasteiger charge is 2.28. The zero-order valence-electron chi connectivity index (χ0n) is 24.5. The molecule has 3 aromatic rings. The maximum Gasteiger partial charge on any atom is 0.408 e. The van der Waals surface area contributed by atoms with Crippen molar-refractivity contribution >= 4 is 23.9 Å². The van der Waals surface area contributed by atoms with Crippen LogP contribution in [0.3, 0.4) is 0 Å². The average Bonchev–Trinajstić information content (AvgIpc) is 2.94. The van der Waals surface area contributed by atoms with Crippen molar-refractivity contribution in [1.82, 2.24) is 10.6 Å². The van der Waals surface area contributed by atoms with Gasteiger partial charge in [0.1, 0.15) is 24.9 Å². The zero-order chi connectivity index (χ0) is 30.5. The van der Waals surface area contributed by atoms with Gasteiger partial charge in [-0.15, -0.1) is 0 Å². The summed E-state index contributed by atoms with van der Waals surface area (Å²) in [5.41, 5.74) is 3.65. The third kappa shape index (κ3) is 11.8. The Morgan fingerprint density at radius 3 is 1.95 bits per heavy atom. The van der Waals surface area contributed by atoms with E-state index in [0.717, 1.165) is 22.3 Å². The summed E-state index contributed by atoms with van der Waals surface area (Å²) in [6.45, 7) is 7.46. The smallest absolute Gasteiger partial charge is 0.408 e. The maximum atomic E-state index is 12.9. The van der Waals surface area contributed by atoms with Gasteiger partial charge >= 0.3 is 18.0 Å². The Hall–Kier alpha value is -4.66. The van der Waals surface area contributed by atoms with Gasteiger partial charge in [-0.3, -0.25) is 9.59 Å². The maximum absolute atomic E-state index is 12.9. The van der Waals surface area contributed by atoms with Crippen LogP contribution in [0.5, 0.6) is 0 Å². The summed E-state index contributed by atoms with van der Waals surface area (Å²) in [6.07, 6.45) is -1.08. The van der Waals surface area contributed by atoms with Crippen LogP contribution in [0.25, 0.3) is 0 Å². The highest BCUT2D eigenvalue weighted by molar-refractivity contribution is 5.86. The monoisotopic (exact) mass is 574 g/mol. The second kappa shape index (κ2) is 15.4. The van der Waals surface area contributed by atoms with Gasteiger partial charge in [0, 0.05) is 6.54 Å². The molecule has 0 aliphatic carbocycles. The third-order valence-corrected chi connectivity index (χ3v) is 5.97. The van der Waals surface area contributed by atoms with Gasteiger partial charge in [0.15, 0.2) is 0 Å². The lowest BCUT2D eigenvalue weighted by atomic mass is 10.1. The number of rotatable bonds is 12. The predicted molar refractivity (Wildman–Crippen MR) is 157 cm³/mol. The van der Waals surface area contributed by atoms with Crippen LogP contribution in [0.1, 0.15) is 55.0 Å². The molecule has 3 rings (SSSR count). The van der Waals surface area contributed by atoms with E-state index in [9.17, 15) is 19.2 Å². The summed E-state index contributed by atoms with van der Waals surface area (Å²) < 4.78 is 15.9. The lowest BCUT2D eigenvalue weighted by Crippen LogP contribution is -2.45. The summed E-state index contributed by atoms with van der Waals surface area (Å²) in [5, 5.41) is 5.32. The fourth-order valence-electron chi connectivity index (χ4n) is 3.77. The fourth-order valence-corrected chi connectivity index (χ4v) is 3.77. The highest BCUT2D eigenvalue weighted by atomic mass is 16.6. The molecule has 0 radical (unpaired) electrons. The van der Waals surface area contributed by atoms with E-state index in [1.807, 2.05) is 49.4 Å². The zero-order valence-corrected chi connectivity index (χ0v) is 24.5. The van der Waals surface area contributed by atoms with E-state index in [0.29, 0.717) is 12.1 Å². The molecule has 222 valence electrons. The van der Waals surface area contributed by atoms with Gasteiger partial charge in [0.05, 0.1) is 12.8 Å². The van der Waals surface area contributed by atoms with E-state index in [4.69, 9.17) is 14.2 Å². The summed E-state index contributed by atoms with van der Waals surface area (Å²) in [5.74, 6) is -1.59. The second-order valence-electron chi connectivity index (χ2n) is 10.9. The molecule has 0 aliphatic rings. The number of ether oxygens (including phenoxy) is 3. The minimum Gasteiger partial charge on any atom is -0.461 e. The lowest BCUT2D eigenvalue weighted by molar-refractivity contribution is -0.154. The number of nitrogens with one attached hydrogen (secondary N) is 2. The molecule has 0 bridgehead atoms. The molecule has 1 atom stereocenters. The second-order valence-corrected chi connectivity index (χ2v) is 10.9. The summed E-state index contributed by atoms with van der Waals surface area (Å²) in [4.78, 5) is 50.1. The van der Waals surface area contributed by atoms with Crippen molar-refractivity contribution in [1.29, 1.82) is 0 Å². The van der Waals surface area contributed by atoms with E-state index in [-0.39, 0.29) is 25.5 Å². The SMILES string of the molecule is Cc1ccc(CNC(=O)Cc2ccc(COC(=O)[C@@H](CC(=O)OCc3ccccc3)NC(=O)OC(C)(C)C)cc2)cc1. The van der Waals surface area contributed by atoms with Crippen molar-refractivity contribution in [3.05, 3.63) is 107 Å². The molecule has 2 N–H and O–H groups in total. The standard InChI is InChI=1S/C33H38N2O7/c1-23-10-12-25(13-11-23)20-34-29(36)18-24-14-16-27(17-15-24)22-41-31(38)28(35-32(39)42-33(2,3)4)19-30(37)40-21-26-8-6-5-7-9-26/h5-17,28H,18-22H2,1-4H3,(H,34,36)(H,35,39)/t28-/m1/s1. The molecular formula is C33H38N2O7. The van der Waals surface area contributed by atoms with Crippen molar-refractivity contribution in [2.75, 3.05) is 0 Å². The molecule has 42 heavy (non-hydrogen) atoms. The van der Waals surface area contributed by atoms with Crippen LogP contribution >= 0.6 is 0 Å². The van der Waals surface area contributed by atoms with Gasteiger partial charge in [0.2, 0.25) is 5.91 Å². The van der Waals surface area contributed by atoms with Crippen LogP contribution in [0.15, 0.2) is 78.9 Å². The van der Waals surface area contributed by atoms with Crippen molar-refractivity contribution in [3.63, 3.8) is 0 Å². The number of benzene rings is 3. The van der Waals surface area contributed by atoms with Crippen LogP contribution < -0.4 is 10.6 Å². The van der Waals surface area contributed by atoms with Gasteiger partial charge in [-0.05, 0) is 49.9 Å². The first-order valence-electron chi connectivity index (χ1n) is 13.7. The average molecular weight is 575 g/mol. The number of esters is 2. The quantitative estimate of drug-likeness (QED) is 0.233. The normalized spacial score (nSPS) is 11.6. The van der Waals surface area contributed by atoms with E-state index in [2.05, 4.69) is 10.6 Å². The highest BCUT2D eigenvalue weighted by Crippen LogP contribution is 2.12. The molecular weight excluding hydrogens is 536 g/mol. The minimum atomic E-state index is -1.31. The van der Waals surface area contributed by atoms with Gasteiger partial charge in [-0.25, -0.2) is 9.59 Å². The number of hydrogen-bond donors (Lipinski definition) is 2. The molecule has 0 heterocycles. The van der Waals surface area contributed by atoms with E-state index in [1.54, 1.807) is 57.2 Å². The Morgan fingerprint density at radius 1 is 0.738 bits per heavy atom. The summed E-state index contributed by atoms with van der Waals surface area (Å²) in [7, 11) is 0. The first-order valence-corrected chi connectivity index (χ1v) is 13.7. The number of alkyl carbamates (subject to hydrolysis) is 1. The first-order chi connectivity index (χ1) is 20.0. The number of carbonyl (C=O) groups is 4. The number of carbonyl (C=O) groups excluding carboxylic acids is 4. The van der Waals surface area contributed by atoms with E-state index in [1.165, 1.54) is 0 Å². The third-order valence-electron chi connectivity index (χ3n) is 5.97. The van der Waals surface area contributed by atoms with Gasteiger partial charge in [-0.2, -0.15) is 0 Å². The van der Waals surface area contributed by atoms with Crippen LogP contribution in [0.4, 0.5) is 4.79 Å². The Bertz CT molecular complexity index is 1330. The molecule has 0 saturated carbocycles. The Kier molecular flexibility index (Phi) is 11.7. The van der Waals surface area contributed by atoms with Crippen molar-refractivity contribution in [2.24, 2.45) is 0 Å². The van der Waals surface area contributed by atoms with Crippen LogP contribution in [-0.4, -0.2) is 35.6 Å². The topological polar surface area (TPSA) is 120 Å². The largest absolute Gasteiger partial charge is 0.461 e. The summed E-state index contributed by atoms with van der Waals surface area (Å²) >= 11 is 0. The molecule has 2 amide bonds. The Morgan fingerprint density at radius 2 is 1.31 bits per heavy atom. The van der Waals surface area contributed by atoms with Crippen LogP contribution in [-0.2, 0) is 54.8 Å². The predicted octanol–water partition coefficient (Wildman–Crippen LogP) is 4.92. The van der Waals surface area contributed by atoms with Crippen LogP contribution in [0, 0.1) is 6.92 Å². The lowest BCUT2D eigenvalue weighted by Gasteiger charge is -2.22. The summed E-state index contributed by atoms with van der Waals surface area (Å²) in [6, 6.07) is 22.8. The van der Waals surface area contributed by atoms with Crippen molar-refractivity contribution in [3.8, 4) is 0 Å². The molecule has 3 aromatic carbocycles. The van der Waals surface area contributed by atoms with E-state index >= 15 is 0 Å². The Labute approximate surface area is 246 Å². The first kappa shape index (κ1) is 31.9. The van der Waals surface area contributed by atoms with Gasteiger partial charge < -0.3 is 24.8 Å². The Balaban J connectivity index is 1.52. The van der Waals surface area contributed by atoms with Crippen molar-refractivity contribution < 1.29 is 33.4 Å². The molecule has 9 heteroatoms. The molecule has 0 saturated heterocycles. The molecule has 0 spiro atoms. The number of hydrogen-bond acceptors (Lipinski definition) is 7. The van der Waals surface area contributed by atoms with Gasteiger partial charge in [-0.1, -0.05) is 84.4 Å². The number of amides is 2. The molecule has 0 aliphatic heterocycles. The minimum absolute atomic E-state index is 0.0319. The van der Waals surface area contributed by atoms with Crippen LogP contribution in [0.2, 0.25) is 0 Å². The van der Waals surface area contributed by atoms with Crippen molar-refractivity contribution in [2.45, 2.75) is 71.9 Å².